The average Bonchev–Trinajstić information content (AvgIpc) is 3.72. The molecule has 218 valence electrons. The quantitative estimate of drug-likeness (QED) is 0.180. The fourth-order valence-corrected chi connectivity index (χ4v) is 6.60. The molecule has 0 aliphatic carbocycles. The summed E-state index contributed by atoms with van der Waals surface area (Å²) in [5.74, 6) is 0.448. The standard InChI is InChI=1S/C20H24N10O8P2S/c21-16-14-18(25-6-23-16)29(8-27-14)13-2-1-10(36-13)5-35-40(33,41)38-12-3-11(4-34-39(31)32)37-20(12)30-9-28-15-17(22)24-7-26-19(15)30/h6-13,20H,1-5H2,(H5-,21,22,23,24,25,26,31,32,33,41)/p+1/t10-,11-,12+,13+,20+,40?/m0/s1. The Morgan fingerprint density at radius 1 is 0.976 bits per heavy atom. The van der Waals surface area contributed by atoms with Gasteiger partial charge in [-0.2, -0.15) is 0 Å². The van der Waals surface area contributed by atoms with Crippen molar-refractivity contribution in [2.24, 2.45) is 0 Å². The highest BCUT2D eigenvalue weighted by Gasteiger charge is 2.43. The lowest BCUT2D eigenvalue weighted by atomic mass is 10.2. The first-order valence-electron chi connectivity index (χ1n) is 12.3. The van der Waals surface area contributed by atoms with E-state index in [0.29, 0.717) is 35.2 Å². The predicted molar refractivity (Wildman–Crippen MR) is 144 cm³/mol. The van der Waals surface area contributed by atoms with E-state index < -0.39 is 33.4 Å². The van der Waals surface area contributed by atoms with E-state index in [1.807, 2.05) is 0 Å². The second kappa shape index (κ2) is 11.4. The largest absolute Gasteiger partial charge is 0.694 e. The van der Waals surface area contributed by atoms with E-state index in [4.69, 9.17) is 51.2 Å². The zero-order chi connectivity index (χ0) is 28.7. The minimum Gasteiger partial charge on any atom is -0.382 e. The summed E-state index contributed by atoms with van der Waals surface area (Å²) >= 11 is 5.32. The third-order valence-corrected chi connectivity index (χ3v) is 8.61. The maximum absolute atomic E-state index is 11.1. The average molecular weight is 627 g/mol. The Morgan fingerprint density at radius 3 is 2.32 bits per heavy atom. The van der Waals surface area contributed by atoms with Crippen molar-refractivity contribution in [2.75, 3.05) is 24.7 Å². The van der Waals surface area contributed by atoms with Crippen molar-refractivity contribution in [1.29, 1.82) is 0 Å². The molecule has 6 N–H and O–H groups in total. The van der Waals surface area contributed by atoms with Crippen molar-refractivity contribution < 1.29 is 37.4 Å². The van der Waals surface area contributed by atoms with Crippen LogP contribution >= 0.6 is 15.0 Å². The molecule has 6 rings (SSSR count). The maximum atomic E-state index is 11.1. The van der Waals surface area contributed by atoms with Crippen LogP contribution in [0.15, 0.2) is 25.3 Å². The third kappa shape index (κ3) is 5.91. The molecule has 2 unspecified atom stereocenters. The highest BCUT2D eigenvalue weighted by atomic mass is 32.5. The molecule has 7 atom stereocenters. The van der Waals surface area contributed by atoms with E-state index in [9.17, 15) is 9.46 Å². The molecule has 2 fully saturated rings. The van der Waals surface area contributed by atoms with Gasteiger partial charge in [0.2, 0.25) is 0 Å². The van der Waals surface area contributed by atoms with Crippen LogP contribution in [-0.2, 0) is 39.4 Å². The van der Waals surface area contributed by atoms with Gasteiger partial charge in [-0.3, -0.25) is 9.13 Å². The van der Waals surface area contributed by atoms with E-state index >= 15 is 0 Å². The highest BCUT2D eigenvalue weighted by Crippen LogP contribution is 2.50. The summed E-state index contributed by atoms with van der Waals surface area (Å²) in [4.78, 5) is 44.9. The number of fused-ring (bicyclic) bond motifs is 2. The molecule has 0 aromatic carbocycles. The van der Waals surface area contributed by atoms with Gasteiger partial charge in [-0.05, 0) is 24.6 Å². The number of hydrogen-bond donors (Lipinski definition) is 4. The van der Waals surface area contributed by atoms with Crippen molar-refractivity contribution in [3.8, 4) is 0 Å². The molecule has 21 heteroatoms. The van der Waals surface area contributed by atoms with Gasteiger partial charge in [0.25, 0.3) is 0 Å². The Bertz CT molecular complexity index is 1640. The summed E-state index contributed by atoms with van der Waals surface area (Å²) < 4.78 is 42.9. The van der Waals surface area contributed by atoms with Crippen LogP contribution in [0.5, 0.6) is 0 Å². The number of imidazole rings is 2. The fourth-order valence-electron chi connectivity index (χ4n) is 4.84. The van der Waals surface area contributed by atoms with Gasteiger partial charge in [-0.15, -0.1) is 9.42 Å². The Labute approximate surface area is 237 Å². The van der Waals surface area contributed by atoms with Crippen LogP contribution in [0.2, 0.25) is 0 Å². The molecule has 0 bridgehead atoms. The van der Waals surface area contributed by atoms with Crippen molar-refractivity contribution in [1.82, 2.24) is 39.0 Å². The number of rotatable bonds is 10. The second-order valence-electron chi connectivity index (χ2n) is 9.28. The molecule has 2 aliphatic heterocycles. The molecule has 4 aromatic rings. The maximum Gasteiger partial charge on any atom is 0.694 e. The minimum atomic E-state index is -3.82. The van der Waals surface area contributed by atoms with Gasteiger partial charge in [0.05, 0.1) is 31.5 Å². The van der Waals surface area contributed by atoms with Crippen LogP contribution in [0.3, 0.4) is 0 Å². The molecule has 41 heavy (non-hydrogen) atoms. The Morgan fingerprint density at radius 2 is 1.63 bits per heavy atom. The van der Waals surface area contributed by atoms with Gasteiger partial charge in [0, 0.05) is 11.0 Å². The lowest BCUT2D eigenvalue weighted by Crippen LogP contribution is -2.23. The van der Waals surface area contributed by atoms with Crippen LogP contribution in [0.1, 0.15) is 31.7 Å². The van der Waals surface area contributed by atoms with Crippen LogP contribution in [0.25, 0.3) is 22.3 Å². The summed E-state index contributed by atoms with van der Waals surface area (Å²) in [6, 6.07) is 0. The monoisotopic (exact) mass is 627 g/mol. The predicted octanol–water partition coefficient (Wildman–Crippen LogP) is 1.08. The van der Waals surface area contributed by atoms with E-state index in [2.05, 4.69) is 29.9 Å². The summed E-state index contributed by atoms with van der Waals surface area (Å²) in [7, 11) is -2.84. The SMILES string of the molecule is Nc1ncnc2c1ncn2[C@@H]1O[C@H](CO[P+](=O)O)C[C@H]1OP(O)(=S)OC[C@@H]1CC[C@H](n2cnc3c(N)ncnc32)O1. The molecule has 4 aromatic heterocycles. The highest BCUT2D eigenvalue weighted by molar-refractivity contribution is 8.07. The lowest BCUT2D eigenvalue weighted by molar-refractivity contribution is -0.0471. The van der Waals surface area contributed by atoms with Crippen LogP contribution in [0.4, 0.5) is 11.6 Å². The van der Waals surface area contributed by atoms with Gasteiger partial charge < -0.3 is 34.9 Å². The molecule has 2 saturated heterocycles. The van der Waals surface area contributed by atoms with E-state index in [-0.39, 0.29) is 43.6 Å². The normalized spacial score (nSPS) is 26.6. The van der Waals surface area contributed by atoms with Gasteiger partial charge in [-0.1, -0.05) is 0 Å². The Balaban J connectivity index is 1.12. The first-order valence-corrected chi connectivity index (χ1v) is 16.0. The van der Waals surface area contributed by atoms with E-state index in [1.54, 1.807) is 15.5 Å². The summed E-state index contributed by atoms with van der Waals surface area (Å²) in [6.45, 7) is -4.04. The van der Waals surface area contributed by atoms with Crippen LogP contribution < -0.4 is 11.5 Å². The molecule has 6 heterocycles. The van der Waals surface area contributed by atoms with Gasteiger partial charge in [0.1, 0.15) is 42.6 Å². The van der Waals surface area contributed by atoms with Crippen LogP contribution in [0, 0.1) is 0 Å². The lowest BCUT2D eigenvalue weighted by Gasteiger charge is -2.25. The first-order chi connectivity index (χ1) is 19.7. The topological polar surface area (TPSA) is 243 Å². The number of aromatic nitrogens is 8. The Kier molecular flexibility index (Phi) is 7.90. The minimum absolute atomic E-state index is 0.0262. The summed E-state index contributed by atoms with van der Waals surface area (Å²) in [5, 5.41) is 0. The molecule has 0 amide bonds. The number of hydrogen-bond acceptors (Lipinski definition) is 15. The van der Waals surface area contributed by atoms with Gasteiger partial charge >= 0.3 is 15.0 Å². The van der Waals surface area contributed by atoms with Gasteiger partial charge in [0.15, 0.2) is 29.2 Å². The summed E-state index contributed by atoms with van der Waals surface area (Å²) in [6.07, 6.45) is 3.97. The number of anilines is 2. The smallest absolute Gasteiger partial charge is 0.382 e. The molecule has 0 spiro atoms. The second-order valence-corrected chi connectivity index (χ2v) is 12.8. The third-order valence-electron chi connectivity index (χ3n) is 6.65. The molecule has 0 saturated carbocycles. The van der Waals surface area contributed by atoms with E-state index in [1.165, 1.54) is 19.0 Å². The molecule has 18 nitrogen and oxygen atoms in total. The Hall–Kier alpha value is -2.83. The molecular formula is C20H25N10O8P2S+. The van der Waals surface area contributed by atoms with Gasteiger partial charge in [-0.25, -0.2) is 29.9 Å². The van der Waals surface area contributed by atoms with Crippen molar-refractivity contribution in [3.05, 3.63) is 25.3 Å². The van der Waals surface area contributed by atoms with E-state index in [0.717, 1.165) is 0 Å². The molecule has 0 radical (unpaired) electrons. The molecular weight excluding hydrogens is 602 g/mol. The number of ether oxygens (including phenoxy) is 2. The van der Waals surface area contributed by atoms with Crippen molar-refractivity contribution in [3.63, 3.8) is 0 Å². The summed E-state index contributed by atoms with van der Waals surface area (Å²) in [5.41, 5.74) is 13.5. The van der Waals surface area contributed by atoms with Crippen molar-refractivity contribution in [2.45, 2.75) is 50.0 Å². The fraction of sp³-hybridized carbons (Fsp3) is 0.500. The molecule has 2 aliphatic rings. The first kappa shape index (κ1) is 28.3. The van der Waals surface area contributed by atoms with Crippen LogP contribution in [-0.4, -0.2) is 80.4 Å². The van der Waals surface area contributed by atoms with Crippen molar-refractivity contribution >= 4 is 60.7 Å². The zero-order valence-electron chi connectivity index (χ0n) is 21.1. The number of nitrogen functional groups attached to an aromatic ring is 2. The number of nitrogens with two attached hydrogens (primary N) is 2. The number of nitrogens with zero attached hydrogens (tertiary/aromatic N) is 8. The zero-order valence-corrected chi connectivity index (χ0v) is 23.7.